The maximum Gasteiger partial charge on any atom is 0.181 e. The van der Waals surface area contributed by atoms with Gasteiger partial charge in [-0.3, -0.25) is 0 Å². The zero-order valence-electron chi connectivity index (χ0n) is 7.78. The third kappa shape index (κ3) is 1.75. The number of aryl methyl sites for hydroxylation is 1. The van der Waals surface area contributed by atoms with E-state index in [4.69, 9.17) is 28.9 Å². The van der Waals surface area contributed by atoms with Gasteiger partial charge in [-0.05, 0) is 6.92 Å². The molecule has 78 valence electrons. The average molecular weight is 244 g/mol. The van der Waals surface area contributed by atoms with Gasteiger partial charge in [0, 0.05) is 0 Å². The maximum absolute atomic E-state index is 5.87. The van der Waals surface area contributed by atoms with E-state index in [2.05, 4.69) is 15.1 Å². The lowest BCUT2D eigenvalue weighted by molar-refractivity contribution is 0.829. The molecule has 0 saturated heterocycles. The lowest BCUT2D eigenvalue weighted by Gasteiger charge is -2.03. The summed E-state index contributed by atoms with van der Waals surface area (Å²) in [5, 5.41) is 4.88. The van der Waals surface area contributed by atoms with E-state index in [0.717, 1.165) is 0 Å². The van der Waals surface area contributed by atoms with E-state index < -0.39 is 0 Å². The predicted molar refractivity (Wildman–Crippen MR) is 58.3 cm³/mol. The summed E-state index contributed by atoms with van der Waals surface area (Å²) in [6.07, 6.45) is 2.94. The highest BCUT2D eigenvalue weighted by molar-refractivity contribution is 6.32. The first kappa shape index (κ1) is 10.2. The fourth-order valence-corrected chi connectivity index (χ4v) is 1.35. The zero-order valence-corrected chi connectivity index (χ0v) is 9.29. The molecule has 2 N–H and O–H groups in total. The third-order valence-corrected chi connectivity index (χ3v) is 2.54. The molecule has 0 spiro atoms. The van der Waals surface area contributed by atoms with Crippen molar-refractivity contribution in [2.75, 3.05) is 5.73 Å². The van der Waals surface area contributed by atoms with Crippen LogP contribution in [0.3, 0.4) is 0 Å². The quantitative estimate of drug-likeness (QED) is 0.777. The number of nitrogens with two attached hydrogens (primary N) is 1. The minimum absolute atomic E-state index is 0.198. The molecule has 0 aliphatic heterocycles. The molecule has 0 aliphatic carbocycles. The second-order valence-electron chi connectivity index (χ2n) is 2.91. The lowest BCUT2D eigenvalue weighted by Crippen LogP contribution is -2.04. The van der Waals surface area contributed by atoms with E-state index in [0.29, 0.717) is 16.5 Å². The van der Waals surface area contributed by atoms with E-state index in [1.54, 1.807) is 13.1 Å². The lowest BCUT2D eigenvalue weighted by atomic mass is 10.5. The Bertz CT molecular complexity index is 488. The Kier molecular flexibility index (Phi) is 2.50. The molecule has 2 aromatic heterocycles. The van der Waals surface area contributed by atoms with Crippen molar-refractivity contribution < 1.29 is 0 Å². The van der Waals surface area contributed by atoms with E-state index >= 15 is 0 Å². The molecule has 0 saturated carbocycles. The van der Waals surface area contributed by atoms with Crippen molar-refractivity contribution in [3.05, 3.63) is 28.4 Å². The highest BCUT2D eigenvalue weighted by atomic mass is 35.5. The van der Waals surface area contributed by atoms with Crippen LogP contribution >= 0.6 is 23.2 Å². The van der Waals surface area contributed by atoms with Crippen LogP contribution in [0.25, 0.3) is 5.82 Å². The molecule has 2 aromatic rings. The van der Waals surface area contributed by atoms with Gasteiger partial charge in [0.25, 0.3) is 0 Å². The van der Waals surface area contributed by atoms with E-state index in [9.17, 15) is 0 Å². The number of hydrogen-bond donors (Lipinski definition) is 1. The summed E-state index contributed by atoms with van der Waals surface area (Å²) in [7, 11) is 0. The molecule has 15 heavy (non-hydrogen) atoms. The summed E-state index contributed by atoms with van der Waals surface area (Å²) >= 11 is 11.6. The first-order chi connectivity index (χ1) is 7.09. The Hall–Kier alpha value is -1.33. The van der Waals surface area contributed by atoms with Crippen molar-refractivity contribution in [1.82, 2.24) is 19.7 Å². The first-order valence-electron chi connectivity index (χ1n) is 4.07. The molecule has 0 aromatic carbocycles. The van der Waals surface area contributed by atoms with Crippen molar-refractivity contribution in [2.24, 2.45) is 0 Å². The molecule has 0 amide bonds. The van der Waals surface area contributed by atoms with Crippen LogP contribution < -0.4 is 5.73 Å². The van der Waals surface area contributed by atoms with Gasteiger partial charge in [0.05, 0.1) is 16.9 Å². The molecule has 5 nitrogen and oxygen atoms in total. The number of nitrogens with zero attached hydrogens (tertiary/aromatic N) is 4. The number of halogens is 2. The number of aromatic nitrogens is 4. The third-order valence-electron chi connectivity index (χ3n) is 1.87. The van der Waals surface area contributed by atoms with Crippen molar-refractivity contribution in [2.45, 2.75) is 6.92 Å². The van der Waals surface area contributed by atoms with Gasteiger partial charge in [0.2, 0.25) is 0 Å². The van der Waals surface area contributed by atoms with Gasteiger partial charge in [0.15, 0.2) is 11.0 Å². The van der Waals surface area contributed by atoms with Crippen molar-refractivity contribution in [3.8, 4) is 5.82 Å². The highest BCUT2D eigenvalue weighted by Gasteiger charge is 2.10. The molecule has 2 heterocycles. The van der Waals surface area contributed by atoms with Gasteiger partial charge >= 0.3 is 0 Å². The molecule has 2 rings (SSSR count). The molecule has 0 unspecified atom stereocenters. The highest BCUT2D eigenvalue weighted by Crippen LogP contribution is 2.22. The van der Waals surface area contributed by atoms with Crippen LogP contribution in [0.2, 0.25) is 10.2 Å². The summed E-state index contributed by atoms with van der Waals surface area (Å²) < 4.78 is 1.47. The molecule has 0 atom stereocenters. The van der Waals surface area contributed by atoms with E-state index in [1.165, 1.54) is 11.0 Å². The Labute approximate surface area is 95.8 Å². The van der Waals surface area contributed by atoms with Gasteiger partial charge in [-0.2, -0.15) is 5.10 Å². The van der Waals surface area contributed by atoms with Crippen LogP contribution in [0.1, 0.15) is 5.69 Å². The largest absolute Gasteiger partial charge is 0.393 e. The number of rotatable bonds is 1. The molecule has 0 aliphatic rings. The molecule has 7 heteroatoms. The van der Waals surface area contributed by atoms with Crippen LogP contribution in [0.15, 0.2) is 12.5 Å². The Morgan fingerprint density at radius 3 is 2.67 bits per heavy atom. The average Bonchev–Trinajstić information content (AvgIpc) is 2.51. The Morgan fingerprint density at radius 2 is 2.07 bits per heavy atom. The number of anilines is 1. The fourth-order valence-electron chi connectivity index (χ4n) is 1.10. The van der Waals surface area contributed by atoms with E-state index in [-0.39, 0.29) is 10.8 Å². The second kappa shape index (κ2) is 3.67. The smallest absolute Gasteiger partial charge is 0.181 e. The molecule has 0 radical (unpaired) electrons. The monoisotopic (exact) mass is 243 g/mol. The summed E-state index contributed by atoms with van der Waals surface area (Å²) in [4.78, 5) is 7.73. The normalized spacial score (nSPS) is 10.6. The van der Waals surface area contributed by atoms with Gasteiger partial charge in [-0.1, -0.05) is 23.2 Å². The molecular weight excluding hydrogens is 237 g/mol. The molecule has 0 bridgehead atoms. The van der Waals surface area contributed by atoms with Gasteiger partial charge in [-0.25, -0.2) is 14.6 Å². The second-order valence-corrected chi connectivity index (χ2v) is 3.67. The Balaban J connectivity index is 2.59. The summed E-state index contributed by atoms with van der Waals surface area (Å²) in [5.41, 5.74) is 6.69. The van der Waals surface area contributed by atoms with E-state index in [1.807, 2.05) is 0 Å². The van der Waals surface area contributed by atoms with Crippen LogP contribution in [-0.2, 0) is 0 Å². The van der Waals surface area contributed by atoms with Gasteiger partial charge in [0.1, 0.15) is 12.0 Å². The molecular formula is C8H7Cl2N5. The number of nitrogen functional groups attached to an aromatic ring is 1. The van der Waals surface area contributed by atoms with Crippen LogP contribution in [0, 0.1) is 6.92 Å². The minimum Gasteiger partial charge on any atom is -0.393 e. The maximum atomic E-state index is 5.87. The topological polar surface area (TPSA) is 69.6 Å². The van der Waals surface area contributed by atoms with Crippen molar-refractivity contribution >= 4 is 28.9 Å². The minimum atomic E-state index is 0.198. The first-order valence-corrected chi connectivity index (χ1v) is 4.83. The van der Waals surface area contributed by atoms with Gasteiger partial charge in [-0.15, -0.1) is 0 Å². The fraction of sp³-hybridized carbons (Fsp3) is 0.125. The standard InChI is InChI=1S/C8H7Cl2N5/c1-4-5(9)2-15(14-4)8-6(11)7(10)12-3-13-8/h2-3H,11H2,1H3. The van der Waals surface area contributed by atoms with Crippen LogP contribution in [-0.4, -0.2) is 19.7 Å². The summed E-state index contributed by atoms with van der Waals surface area (Å²) in [5.74, 6) is 0.421. The summed E-state index contributed by atoms with van der Waals surface area (Å²) in [6.45, 7) is 1.79. The number of hydrogen-bond acceptors (Lipinski definition) is 4. The SMILES string of the molecule is Cc1nn(-c2ncnc(Cl)c2N)cc1Cl. The van der Waals surface area contributed by atoms with Gasteiger partial charge < -0.3 is 5.73 Å². The summed E-state index contributed by atoms with van der Waals surface area (Å²) in [6, 6.07) is 0. The predicted octanol–water partition coefficient (Wildman–Crippen LogP) is 1.86. The van der Waals surface area contributed by atoms with Crippen molar-refractivity contribution in [3.63, 3.8) is 0 Å². The Morgan fingerprint density at radius 1 is 1.33 bits per heavy atom. The van der Waals surface area contributed by atoms with Crippen LogP contribution in [0.5, 0.6) is 0 Å². The van der Waals surface area contributed by atoms with Crippen molar-refractivity contribution in [1.29, 1.82) is 0 Å². The molecule has 0 fully saturated rings. The zero-order chi connectivity index (χ0) is 11.0. The van der Waals surface area contributed by atoms with Crippen LogP contribution in [0.4, 0.5) is 5.69 Å².